The lowest BCUT2D eigenvalue weighted by Gasteiger charge is -2.02. The summed E-state index contributed by atoms with van der Waals surface area (Å²) in [6, 6.07) is 3.54. The van der Waals surface area contributed by atoms with E-state index in [4.69, 9.17) is 17.3 Å². The Balaban J connectivity index is 2.56. The number of nitrogens with one attached hydrogen (secondary N) is 2. The topological polar surface area (TPSA) is 118 Å². The minimum absolute atomic E-state index is 0.369. The highest BCUT2D eigenvalue weighted by molar-refractivity contribution is 6.31. The van der Waals surface area contributed by atoms with Crippen LogP contribution in [-0.4, -0.2) is 21.9 Å². The van der Waals surface area contributed by atoms with Gasteiger partial charge in [-0.2, -0.15) is 0 Å². The van der Waals surface area contributed by atoms with E-state index in [1.54, 1.807) is 11.4 Å². The molecule has 92 valence electrons. The van der Waals surface area contributed by atoms with E-state index in [1.165, 1.54) is 12.1 Å². The number of nitrogens with zero attached hydrogens (tertiary/aromatic N) is 1. The fourth-order valence-corrected chi connectivity index (χ4v) is 1.56. The lowest BCUT2D eigenvalue weighted by molar-refractivity contribution is 0.0960. The van der Waals surface area contributed by atoms with Gasteiger partial charge < -0.3 is 10.7 Å². The first kappa shape index (κ1) is 12.1. The van der Waals surface area contributed by atoms with Gasteiger partial charge in [0.2, 0.25) is 0 Å². The molecule has 18 heavy (non-hydrogen) atoms. The number of H-pyrrole nitrogens is 1. The predicted octanol–water partition coefficient (Wildman–Crippen LogP) is 0.385. The van der Waals surface area contributed by atoms with Crippen LogP contribution in [-0.2, 0) is 0 Å². The van der Waals surface area contributed by atoms with E-state index in [2.05, 4.69) is 9.97 Å². The smallest absolute Gasteiger partial charge is 0.319 e. The number of carbonyl (C=O) groups is 2. The number of carbonyl (C=O) groups excluding carboxylic acids is 2. The highest BCUT2D eigenvalue weighted by Gasteiger charge is 2.15. The van der Waals surface area contributed by atoms with Crippen LogP contribution < -0.4 is 16.6 Å². The third-order valence-electron chi connectivity index (χ3n) is 2.11. The van der Waals surface area contributed by atoms with Crippen LogP contribution >= 0.6 is 11.6 Å². The van der Waals surface area contributed by atoms with Crippen LogP contribution in [0, 0.1) is 0 Å². The highest BCUT2D eigenvalue weighted by atomic mass is 35.5. The molecule has 2 aromatic rings. The van der Waals surface area contributed by atoms with Gasteiger partial charge in [-0.05, 0) is 18.2 Å². The largest absolute Gasteiger partial charge is 0.351 e. The van der Waals surface area contributed by atoms with Crippen molar-refractivity contribution in [3.8, 4) is 0 Å². The normalized spacial score (nSPS) is 10.3. The van der Waals surface area contributed by atoms with Crippen LogP contribution in [0.15, 0.2) is 23.0 Å². The monoisotopic (exact) mass is 266 g/mol. The van der Waals surface area contributed by atoms with Crippen molar-refractivity contribution in [1.29, 1.82) is 0 Å². The van der Waals surface area contributed by atoms with Gasteiger partial charge in [0.15, 0.2) is 5.69 Å². The molecule has 7 nitrogen and oxygen atoms in total. The van der Waals surface area contributed by atoms with E-state index in [0.717, 1.165) is 0 Å². The van der Waals surface area contributed by atoms with E-state index in [1.807, 2.05) is 0 Å². The zero-order chi connectivity index (χ0) is 13.3. The SMILES string of the molecule is NC(=O)NC(=O)c1nc2ccc(Cl)cc2[nH]c1=O. The molecule has 0 atom stereocenters. The second-order valence-electron chi connectivity index (χ2n) is 3.39. The second kappa shape index (κ2) is 4.46. The summed E-state index contributed by atoms with van der Waals surface area (Å²) in [4.78, 5) is 39.9. The lowest BCUT2D eigenvalue weighted by Crippen LogP contribution is -2.38. The Morgan fingerprint density at radius 1 is 1.39 bits per heavy atom. The summed E-state index contributed by atoms with van der Waals surface area (Å²) in [7, 11) is 0. The summed E-state index contributed by atoms with van der Waals surface area (Å²) in [5, 5.41) is 2.19. The van der Waals surface area contributed by atoms with E-state index >= 15 is 0 Å². The molecule has 0 radical (unpaired) electrons. The Morgan fingerprint density at radius 2 is 2.11 bits per heavy atom. The van der Waals surface area contributed by atoms with Crippen molar-refractivity contribution in [3.05, 3.63) is 39.3 Å². The number of hydrogen-bond donors (Lipinski definition) is 3. The Hall–Kier alpha value is -2.41. The molecule has 8 heteroatoms. The first-order valence-electron chi connectivity index (χ1n) is 4.78. The van der Waals surface area contributed by atoms with Crippen molar-refractivity contribution in [1.82, 2.24) is 15.3 Å². The molecule has 0 spiro atoms. The molecule has 0 bridgehead atoms. The fraction of sp³-hybridized carbons (Fsp3) is 0. The molecule has 0 fully saturated rings. The molecule has 0 aliphatic heterocycles. The van der Waals surface area contributed by atoms with Gasteiger partial charge in [0.1, 0.15) is 0 Å². The van der Waals surface area contributed by atoms with Crippen LogP contribution in [0.4, 0.5) is 4.79 Å². The molecule has 4 N–H and O–H groups in total. The minimum Gasteiger partial charge on any atom is -0.351 e. The summed E-state index contributed by atoms with van der Waals surface area (Å²) >= 11 is 5.75. The number of hydrogen-bond acceptors (Lipinski definition) is 4. The van der Waals surface area contributed by atoms with Gasteiger partial charge in [-0.15, -0.1) is 0 Å². The van der Waals surface area contributed by atoms with E-state index in [-0.39, 0.29) is 0 Å². The van der Waals surface area contributed by atoms with Gasteiger partial charge in [0, 0.05) is 5.02 Å². The molecular weight excluding hydrogens is 260 g/mol. The Morgan fingerprint density at radius 3 is 2.78 bits per heavy atom. The molecule has 0 aliphatic rings. The first-order valence-corrected chi connectivity index (χ1v) is 5.15. The number of amides is 3. The van der Waals surface area contributed by atoms with Gasteiger partial charge in [-0.3, -0.25) is 14.9 Å². The maximum atomic E-state index is 11.6. The van der Waals surface area contributed by atoms with Crippen molar-refractivity contribution < 1.29 is 9.59 Å². The third-order valence-corrected chi connectivity index (χ3v) is 2.34. The molecule has 3 amide bonds. The number of fused-ring (bicyclic) bond motifs is 1. The number of aromatic amines is 1. The van der Waals surface area contributed by atoms with Crippen molar-refractivity contribution in [2.75, 3.05) is 0 Å². The van der Waals surface area contributed by atoms with Crippen LogP contribution in [0.25, 0.3) is 11.0 Å². The third kappa shape index (κ3) is 2.30. The first-order chi connectivity index (χ1) is 8.47. The van der Waals surface area contributed by atoms with Crippen LogP contribution in [0.3, 0.4) is 0 Å². The minimum atomic E-state index is -1.06. The van der Waals surface area contributed by atoms with Crippen molar-refractivity contribution in [3.63, 3.8) is 0 Å². The summed E-state index contributed by atoms with van der Waals surface area (Å²) < 4.78 is 0. The van der Waals surface area contributed by atoms with Crippen LogP contribution in [0.1, 0.15) is 10.5 Å². The van der Waals surface area contributed by atoms with Gasteiger partial charge >= 0.3 is 6.03 Å². The molecule has 0 saturated carbocycles. The Bertz CT molecular complexity index is 710. The molecule has 0 saturated heterocycles. The molecule has 1 aromatic carbocycles. The van der Waals surface area contributed by atoms with Crippen molar-refractivity contribution in [2.24, 2.45) is 5.73 Å². The van der Waals surface area contributed by atoms with Gasteiger partial charge in [0.05, 0.1) is 11.0 Å². The predicted molar refractivity (Wildman–Crippen MR) is 64.4 cm³/mol. The lowest BCUT2D eigenvalue weighted by atomic mass is 10.3. The number of imide groups is 1. The average Bonchev–Trinajstić information content (AvgIpc) is 2.26. The van der Waals surface area contributed by atoms with Gasteiger partial charge in [-0.25, -0.2) is 9.78 Å². The zero-order valence-electron chi connectivity index (χ0n) is 8.86. The molecular formula is C10H7ClN4O3. The quantitative estimate of drug-likeness (QED) is 0.691. The molecule has 0 aliphatic carbocycles. The summed E-state index contributed by atoms with van der Waals surface area (Å²) in [6.45, 7) is 0. The summed E-state index contributed by atoms with van der Waals surface area (Å²) in [6.07, 6.45) is 0. The van der Waals surface area contributed by atoms with Gasteiger partial charge in [-0.1, -0.05) is 11.6 Å². The standard InChI is InChI=1S/C10H7ClN4O3/c11-4-1-2-5-6(3-4)14-8(16)7(13-5)9(17)15-10(12)18/h1-3H,(H,14,16)(H3,12,15,17,18). The highest BCUT2D eigenvalue weighted by Crippen LogP contribution is 2.14. The number of halogens is 1. The maximum absolute atomic E-state index is 11.6. The van der Waals surface area contributed by atoms with E-state index < -0.39 is 23.2 Å². The number of rotatable bonds is 1. The Labute approximate surface area is 105 Å². The molecule has 1 heterocycles. The van der Waals surface area contributed by atoms with Crippen LogP contribution in [0.5, 0.6) is 0 Å². The van der Waals surface area contributed by atoms with E-state index in [0.29, 0.717) is 16.1 Å². The number of primary amides is 1. The maximum Gasteiger partial charge on any atom is 0.319 e. The molecule has 2 rings (SSSR count). The summed E-state index contributed by atoms with van der Waals surface area (Å²) in [5.74, 6) is -0.958. The Kier molecular flexibility index (Phi) is 2.99. The number of benzene rings is 1. The molecule has 1 aromatic heterocycles. The number of aromatic nitrogens is 2. The second-order valence-corrected chi connectivity index (χ2v) is 3.83. The van der Waals surface area contributed by atoms with Crippen molar-refractivity contribution in [2.45, 2.75) is 0 Å². The fourth-order valence-electron chi connectivity index (χ4n) is 1.38. The number of urea groups is 1. The van der Waals surface area contributed by atoms with Gasteiger partial charge in [0.25, 0.3) is 11.5 Å². The summed E-state index contributed by atoms with van der Waals surface area (Å²) in [5.41, 5.74) is 4.37. The van der Waals surface area contributed by atoms with Crippen LogP contribution in [0.2, 0.25) is 5.02 Å². The van der Waals surface area contributed by atoms with Crippen molar-refractivity contribution >= 4 is 34.6 Å². The zero-order valence-corrected chi connectivity index (χ0v) is 9.62. The average molecular weight is 267 g/mol. The molecule has 0 unspecified atom stereocenters. The van der Waals surface area contributed by atoms with E-state index in [9.17, 15) is 14.4 Å². The number of nitrogens with two attached hydrogens (primary N) is 1.